The molecule has 1 saturated heterocycles. The Hall–Kier alpha value is -1.62. The highest BCUT2D eigenvalue weighted by Crippen LogP contribution is 2.23. The molecule has 5 nitrogen and oxygen atoms in total. The van der Waals surface area contributed by atoms with E-state index in [1.807, 2.05) is 26.1 Å². The number of anilines is 1. The van der Waals surface area contributed by atoms with Gasteiger partial charge in [-0.15, -0.1) is 0 Å². The molecule has 0 saturated carbocycles. The van der Waals surface area contributed by atoms with E-state index in [1.165, 1.54) is 0 Å². The van der Waals surface area contributed by atoms with Crippen molar-refractivity contribution in [3.05, 3.63) is 23.4 Å². The largest absolute Gasteiger partial charge is 0.384 e. The zero-order valence-corrected chi connectivity index (χ0v) is 10.9. The van der Waals surface area contributed by atoms with Crippen molar-refractivity contribution < 1.29 is 4.74 Å². The number of pyridine rings is 1. The number of amidine groups is 1. The Morgan fingerprint density at radius 3 is 2.72 bits per heavy atom. The van der Waals surface area contributed by atoms with Gasteiger partial charge in [0.1, 0.15) is 11.7 Å². The van der Waals surface area contributed by atoms with Gasteiger partial charge in [0.15, 0.2) is 0 Å². The van der Waals surface area contributed by atoms with Crippen molar-refractivity contribution in [1.29, 1.82) is 5.41 Å². The third kappa shape index (κ3) is 2.61. The van der Waals surface area contributed by atoms with Gasteiger partial charge in [-0.2, -0.15) is 0 Å². The molecule has 3 N–H and O–H groups in total. The van der Waals surface area contributed by atoms with Crippen LogP contribution in [0.25, 0.3) is 0 Å². The molecule has 1 aliphatic rings. The van der Waals surface area contributed by atoms with E-state index in [9.17, 15) is 0 Å². The zero-order chi connectivity index (χ0) is 13.1. The first-order valence-electron chi connectivity index (χ1n) is 6.22. The van der Waals surface area contributed by atoms with Crippen LogP contribution in [-0.2, 0) is 4.74 Å². The standard InChI is InChI=1S/C13H20N4O/c1-9-3-4-11(12(14)15)13(16-9)17(2)10-5-7-18-8-6-10/h3-4,10H,5-8H2,1-2H3,(H3,14,15). The Morgan fingerprint density at radius 1 is 1.44 bits per heavy atom. The third-order valence-corrected chi connectivity index (χ3v) is 3.38. The number of nitrogens with two attached hydrogens (primary N) is 1. The van der Waals surface area contributed by atoms with Crippen molar-refractivity contribution in [2.45, 2.75) is 25.8 Å². The van der Waals surface area contributed by atoms with Gasteiger partial charge in [-0.1, -0.05) is 0 Å². The molecule has 0 radical (unpaired) electrons. The number of aryl methyl sites for hydroxylation is 1. The van der Waals surface area contributed by atoms with Crippen LogP contribution in [0.5, 0.6) is 0 Å². The second-order valence-electron chi connectivity index (χ2n) is 4.69. The molecule has 0 bridgehead atoms. The van der Waals surface area contributed by atoms with E-state index >= 15 is 0 Å². The monoisotopic (exact) mass is 248 g/mol. The number of ether oxygens (including phenoxy) is 1. The highest BCUT2D eigenvalue weighted by Gasteiger charge is 2.22. The van der Waals surface area contributed by atoms with Crippen LogP contribution in [0.4, 0.5) is 5.82 Å². The maximum Gasteiger partial charge on any atom is 0.139 e. The van der Waals surface area contributed by atoms with Gasteiger partial charge < -0.3 is 15.4 Å². The van der Waals surface area contributed by atoms with Crippen LogP contribution in [0.3, 0.4) is 0 Å². The minimum absolute atomic E-state index is 0.0661. The van der Waals surface area contributed by atoms with E-state index in [-0.39, 0.29) is 5.84 Å². The average molecular weight is 248 g/mol. The number of hydrogen-bond donors (Lipinski definition) is 2. The van der Waals surface area contributed by atoms with Gasteiger partial charge in [-0.05, 0) is 31.9 Å². The number of nitrogen functional groups attached to an aromatic ring is 1. The lowest BCUT2D eigenvalue weighted by Gasteiger charge is -2.33. The van der Waals surface area contributed by atoms with Crippen molar-refractivity contribution in [3.8, 4) is 0 Å². The molecule has 0 spiro atoms. The number of aromatic nitrogens is 1. The summed E-state index contributed by atoms with van der Waals surface area (Å²) >= 11 is 0. The van der Waals surface area contributed by atoms with Gasteiger partial charge in [0, 0.05) is 32.0 Å². The molecule has 0 unspecified atom stereocenters. The maximum absolute atomic E-state index is 7.64. The fourth-order valence-electron chi connectivity index (χ4n) is 2.27. The number of hydrogen-bond acceptors (Lipinski definition) is 4. The van der Waals surface area contributed by atoms with Crippen LogP contribution in [0.15, 0.2) is 12.1 Å². The lowest BCUT2D eigenvalue weighted by molar-refractivity contribution is 0.0853. The smallest absolute Gasteiger partial charge is 0.139 e. The summed E-state index contributed by atoms with van der Waals surface area (Å²) in [4.78, 5) is 6.66. The molecule has 0 atom stereocenters. The summed E-state index contributed by atoms with van der Waals surface area (Å²) in [6, 6.07) is 4.17. The summed E-state index contributed by atoms with van der Waals surface area (Å²) in [5.41, 5.74) is 7.27. The predicted molar refractivity (Wildman–Crippen MR) is 72.2 cm³/mol. The van der Waals surface area contributed by atoms with E-state index in [0.717, 1.165) is 37.6 Å². The van der Waals surface area contributed by atoms with Crippen molar-refractivity contribution in [1.82, 2.24) is 4.98 Å². The number of nitrogens with zero attached hydrogens (tertiary/aromatic N) is 2. The van der Waals surface area contributed by atoms with Gasteiger partial charge in [0.2, 0.25) is 0 Å². The van der Waals surface area contributed by atoms with Crippen molar-refractivity contribution in [3.63, 3.8) is 0 Å². The maximum atomic E-state index is 7.64. The summed E-state index contributed by atoms with van der Waals surface area (Å²) < 4.78 is 5.37. The molecule has 1 fully saturated rings. The lowest BCUT2D eigenvalue weighted by atomic mass is 10.1. The summed E-state index contributed by atoms with van der Waals surface area (Å²) in [7, 11) is 2.02. The van der Waals surface area contributed by atoms with Gasteiger partial charge in [0.25, 0.3) is 0 Å². The Bertz CT molecular complexity index is 441. The van der Waals surface area contributed by atoms with Crippen LogP contribution in [0, 0.1) is 12.3 Å². The molecule has 1 aliphatic heterocycles. The third-order valence-electron chi connectivity index (χ3n) is 3.38. The predicted octanol–water partition coefficient (Wildman–Crippen LogP) is 1.29. The SMILES string of the molecule is Cc1ccc(C(=N)N)c(N(C)C2CCOCC2)n1. The van der Waals surface area contributed by atoms with Crippen molar-refractivity contribution >= 4 is 11.7 Å². The molecule has 2 heterocycles. The number of rotatable bonds is 3. The molecule has 98 valence electrons. The molecule has 18 heavy (non-hydrogen) atoms. The Kier molecular flexibility index (Phi) is 3.81. The lowest BCUT2D eigenvalue weighted by Crippen LogP contribution is -2.38. The normalized spacial score (nSPS) is 16.6. The van der Waals surface area contributed by atoms with E-state index in [4.69, 9.17) is 15.9 Å². The number of nitrogens with one attached hydrogen (secondary N) is 1. The van der Waals surface area contributed by atoms with E-state index < -0.39 is 0 Å². The zero-order valence-electron chi connectivity index (χ0n) is 10.9. The quantitative estimate of drug-likeness (QED) is 0.624. The Labute approximate surface area is 107 Å². The van der Waals surface area contributed by atoms with Crippen LogP contribution in [0.2, 0.25) is 0 Å². The van der Waals surface area contributed by atoms with Crippen LogP contribution in [0.1, 0.15) is 24.1 Å². The van der Waals surface area contributed by atoms with Crippen LogP contribution >= 0.6 is 0 Å². The van der Waals surface area contributed by atoms with Crippen LogP contribution < -0.4 is 10.6 Å². The molecule has 1 aromatic heterocycles. The van der Waals surface area contributed by atoms with Gasteiger partial charge in [0.05, 0.1) is 5.56 Å². The van der Waals surface area contributed by atoms with Gasteiger partial charge >= 0.3 is 0 Å². The van der Waals surface area contributed by atoms with Crippen molar-refractivity contribution in [2.75, 3.05) is 25.2 Å². The minimum Gasteiger partial charge on any atom is -0.384 e. The highest BCUT2D eigenvalue weighted by atomic mass is 16.5. The summed E-state index contributed by atoms with van der Waals surface area (Å²) in [5.74, 6) is 0.866. The van der Waals surface area contributed by atoms with E-state index in [2.05, 4.69) is 9.88 Å². The van der Waals surface area contributed by atoms with E-state index in [1.54, 1.807) is 0 Å². The van der Waals surface area contributed by atoms with Crippen molar-refractivity contribution in [2.24, 2.45) is 5.73 Å². The van der Waals surface area contributed by atoms with Crippen LogP contribution in [-0.4, -0.2) is 37.1 Å². The second kappa shape index (κ2) is 5.35. The Balaban J connectivity index is 2.30. The first-order chi connectivity index (χ1) is 8.59. The summed E-state index contributed by atoms with van der Waals surface area (Å²) in [5, 5.41) is 7.64. The van der Waals surface area contributed by atoms with Gasteiger partial charge in [-0.3, -0.25) is 5.41 Å². The molecule has 1 aromatic rings. The first kappa shape index (κ1) is 12.8. The molecular formula is C13H20N4O. The minimum atomic E-state index is 0.0661. The molecule has 0 aromatic carbocycles. The van der Waals surface area contributed by atoms with E-state index in [0.29, 0.717) is 11.6 Å². The summed E-state index contributed by atoms with van der Waals surface area (Å²) in [6.07, 6.45) is 1.98. The highest BCUT2D eigenvalue weighted by molar-refractivity contribution is 5.99. The second-order valence-corrected chi connectivity index (χ2v) is 4.69. The molecule has 5 heteroatoms. The fraction of sp³-hybridized carbons (Fsp3) is 0.538. The molecule has 0 amide bonds. The average Bonchev–Trinajstić information content (AvgIpc) is 2.38. The topological polar surface area (TPSA) is 75.2 Å². The summed E-state index contributed by atoms with van der Waals surface area (Å²) in [6.45, 7) is 3.53. The Morgan fingerprint density at radius 2 is 2.11 bits per heavy atom. The first-order valence-corrected chi connectivity index (χ1v) is 6.22. The molecule has 0 aliphatic carbocycles. The fourth-order valence-corrected chi connectivity index (χ4v) is 2.27. The van der Waals surface area contributed by atoms with Gasteiger partial charge in [-0.25, -0.2) is 4.98 Å². The molecular weight excluding hydrogens is 228 g/mol. The molecule has 2 rings (SSSR count).